The van der Waals surface area contributed by atoms with Crippen molar-refractivity contribution in [2.75, 3.05) is 27.2 Å². The monoisotopic (exact) mass is 216 g/mol. The van der Waals surface area contributed by atoms with Crippen molar-refractivity contribution in [3.63, 3.8) is 0 Å². The maximum atomic E-state index is 9.06. The molecule has 3 nitrogen and oxygen atoms in total. The molecule has 92 valence electrons. The van der Waals surface area contributed by atoms with Crippen molar-refractivity contribution in [1.82, 2.24) is 10.2 Å². The van der Waals surface area contributed by atoms with Crippen LogP contribution in [0.2, 0.25) is 0 Å². The average molecular weight is 216 g/mol. The van der Waals surface area contributed by atoms with Crippen molar-refractivity contribution in [2.45, 2.75) is 46.2 Å². The molecule has 0 aromatic heterocycles. The van der Waals surface area contributed by atoms with Crippen molar-refractivity contribution < 1.29 is 5.11 Å². The van der Waals surface area contributed by atoms with Crippen molar-refractivity contribution >= 4 is 0 Å². The fourth-order valence-electron chi connectivity index (χ4n) is 1.54. The summed E-state index contributed by atoms with van der Waals surface area (Å²) in [5, 5.41) is 12.2. The van der Waals surface area contributed by atoms with E-state index in [2.05, 4.69) is 45.0 Å². The van der Waals surface area contributed by atoms with Crippen LogP contribution < -0.4 is 5.32 Å². The number of nitrogens with one attached hydrogen (secondary N) is 1. The van der Waals surface area contributed by atoms with Gasteiger partial charge in [-0.1, -0.05) is 20.8 Å². The van der Waals surface area contributed by atoms with Crippen LogP contribution in [0.15, 0.2) is 0 Å². The van der Waals surface area contributed by atoms with Gasteiger partial charge in [0.1, 0.15) is 0 Å². The highest BCUT2D eigenvalue weighted by atomic mass is 16.3. The Morgan fingerprint density at radius 3 is 2.20 bits per heavy atom. The number of nitrogens with zero attached hydrogens (tertiary/aromatic N) is 1. The van der Waals surface area contributed by atoms with E-state index in [-0.39, 0.29) is 12.6 Å². The van der Waals surface area contributed by atoms with Crippen LogP contribution in [-0.2, 0) is 0 Å². The molecule has 0 radical (unpaired) electrons. The second-order valence-electron chi connectivity index (χ2n) is 5.48. The van der Waals surface area contributed by atoms with E-state index in [1.54, 1.807) is 0 Å². The molecule has 0 bridgehead atoms. The molecule has 0 aliphatic carbocycles. The maximum Gasteiger partial charge on any atom is 0.0585 e. The summed E-state index contributed by atoms with van der Waals surface area (Å²) in [5.41, 5.74) is 0.309. The number of hydrogen-bond acceptors (Lipinski definition) is 3. The molecule has 0 aliphatic rings. The molecule has 0 spiro atoms. The number of hydrogen-bond donors (Lipinski definition) is 2. The number of aliphatic hydroxyl groups is 1. The predicted octanol–water partition coefficient (Wildman–Crippen LogP) is 1.32. The Bertz CT molecular complexity index is 161. The highest BCUT2D eigenvalue weighted by Crippen LogP contribution is 2.22. The van der Waals surface area contributed by atoms with Crippen molar-refractivity contribution in [3.05, 3.63) is 0 Å². The third-order valence-electron chi connectivity index (χ3n) is 3.37. The molecule has 0 amide bonds. The van der Waals surface area contributed by atoms with Gasteiger partial charge in [0.05, 0.1) is 6.61 Å². The van der Waals surface area contributed by atoms with Crippen LogP contribution >= 0.6 is 0 Å². The first-order valence-corrected chi connectivity index (χ1v) is 5.81. The molecular formula is C12H28N2O. The van der Waals surface area contributed by atoms with Gasteiger partial charge in [-0.15, -0.1) is 0 Å². The summed E-state index contributed by atoms with van der Waals surface area (Å²) in [6, 6.07) is 0.772. The molecule has 0 aliphatic heterocycles. The molecule has 0 fully saturated rings. The number of rotatable bonds is 6. The molecule has 0 rings (SSSR count). The average Bonchev–Trinajstić information content (AvgIpc) is 2.16. The first kappa shape index (κ1) is 14.9. The quantitative estimate of drug-likeness (QED) is 0.703. The number of likely N-dealkylation sites (N-methyl/N-ethyl adjacent to an activating group) is 1. The van der Waals surface area contributed by atoms with Gasteiger partial charge in [0.25, 0.3) is 0 Å². The normalized spacial score (nSPS) is 16.8. The Kier molecular flexibility index (Phi) is 6.41. The van der Waals surface area contributed by atoms with Gasteiger partial charge in [0, 0.05) is 12.1 Å². The topological polar surface area (TPSA) is 35.5 Å². The summed E-state index contributed by atoms with van der Waals surface area (Å²) in [4.78, 5) is 2.36. The van der Waals surface area contributed by atoms with Gasteiger partial charge >= 0.3 is 0 Å². The molecular weight excluding hydrogens is 188 g/mol. The lowest BCUT2D eigenvalue weighted by Gasteiger charge is -2.36. The van der Waals surface area contributed by atoms with E-state index in [0.29, 0.717) is 11.5 Å². The van der Waals surface area contributed by atoms with Crippen molar-refractivity contribution in [1.29, 1.82) is 0 Å². The minimum atomic E-state index is 0.217. The second-order valence-corrected chi connectivity index (χ2v) is 5.48. The lowest BCUT2D eigenvalue weighted by Crippen LogP contribution is -2.42. The van der Waals surface area contributed by atoms with Gasteiger partial charge in [-0.3, -0.25) is 0 Å². The van der Waals surface area contributed by atoms with Crippen LogP contribution in [0, 0.1) is 5.41 Å². The maximum absolute atomic E-state index is 9.06. The Hall–Kier alpha value is -0.120. The number of aliphatic hydroxyl groups excluding tert-OH is 1. The second kappa shape index (κ2) is 6.46. The standard InChI is InChI=1S/C12H28N2O/c1-10(12(2,3)4)14(6)8-7-11(9-15)13-5/h10-11,13,15H,7-9H2,1-6H3. The summed E-state index contributed by atoms with van der Waals surface area (Å²) in [7, 11) is 4.05. The Balaban J connectivity index is 3.97. The Labute approximate surface area is 94.9 Å². The van der Waals surface area contributed by atoms with Gasteiger partial charge in [-0.25, -0.2) is 0 Å². The molecule has 0 aromatic carbocycles. The predicted molar refractivity (Wildman–Crippen MR) is 66.1 cm³/mol. The highest BCUT2D eigenvalue weighted by Gasteiger charge is 2.23. The minimum Gasteiger partial charge on any atom is -0.395 e. The van der Waals surface area contributed by atoms with Crippen LogP contribution in [0.25, 0.3) is 0 Å². The van der Waals surface area contributed by atoms with E-state index in [4.69, 9.17) is 5.11 Å². The van der Waals surface area contributed by atoms with E-state index in [9.17, 15) is 0 Å². The largest absolute Gasteiger partial charge is 0.395 e. The van der Waals surface area contributed by atoms with Crippen molar-refractivity contribution in [3.8, 4) is 0 Å². The zero-order valence-corrected chi connectivity index (χ0v) is 11.2. The smallest absolute Gasteiger partial charge is 0.0585 e. The van der Waals surface area contributed by atoms with E-state index in [1.807, 2.05) is 7.05 Å². The fourth-order valence-corrected chi connectivity index (χ4v) is 1.54. The molecule has 0 saturated carbocycles. The summed E-state index contributed by atoms with van der Waals surface area (Å²) in [5.74, 6) is 0. The summed E-state index contributed by atoms with van der Waals surface area (Å²) < 4.78 is 0. The summed E-state index contributed by atoms with van der Waals surface area (Å²) in [6.07, 6.45) is 0.990. The van der Waals surface area contributed by atoms with E-state index >= 15 is 0 Å². The fraction of sp³-hybridized carbons (Fsp3) is 1.00. The summed E-state index contributed by atoms with van der Waals surface area (Å²) in [6.45, 7) is 10.3. The Morgan fingerprint density at radius 1 is 1.33 bits per heavy atom. The van der Waals surface area contributed by atoms with Crippen molar-refractivity contribution in [2.24, 2.45) is 5.41 Å². The minimum absolute atomic E-state index is 0.217. The van der Waals surface area contributed by atoms with E-state index in [0.717, 1.165) is 13.0 Å². The molecule has 15 heavy (non-hydrogen) atoms. The Morgan fingerprint density at radius 2 is 1.87 bits per heavy atom. The molecule has 2 atom stereocenters. The van der Waals surface area contributed by atoms with Gasteiger partial charge in [-0.2, -0.15) is 0 Å². The van der Waals surface area contributed by atoms with Gasteiger partial charge in [-0.05, 0) is 39.4 Å². The molecule has 0 heterocycles. The van der Waals surface area contributed by atoms with Gasteiger partial charge in [0.2, 0.25) is 0 Å². The lowest BCUT2D eigenvalue weighted by molar-refractivity contribution is 0.130. The first-order valence-electron chi connectivity index (χ1n) is 5.81. The van der Waals surface area contributed by atoms with Gasteiger partial charge < -0.3 is 15.3 Å². The third kappa shape index (κ3) is 5.50. The van der Waals surface area contributed by atoms with E-state index < -0.39 is 0 Å². The van der Waals surface area contributed by atoms with Crippen LogP contribution in [0.4, 0.5) is 0 Å². The third-order valence-corrected chi connectivity index (χ3v) is 3.37. The summed E-state index contributed by atoms with van der Waals surface area (Å²) >= 11 is 0. The molecule has 3 heteroatoms. The SMILES string of the molecule is CNC(CO)CCN(C)C(C)C(C)(C)C. The molecule has 0 aromatic rings. The zero-order valence-electron chi connectivity index (χ0n) is 11.2. The van der Waals surface area contributed by atoms with Crippen LogP contribution in [-0.4, -0.2) is 49.3 Å². The van der Waals surface area contributed by atoms with Crippen LogP contribution in [0.3, 0.4) is 0 Å². The zero-order chi connectivity index (χ0) is 12.1. The first-order chi connectivity index (χ1) is 6.82. The van der Waals surface area contributed by atoms with Gasteiger partial charge in [0.15, 0.2) is 0 Å². The molecule has 2 N–H and O–H groups in total. The van der Waals surface area contributed by atoms with E-state index in [1.165, 1.54) is 0 Å². The lowest BCUT2D eigenvalue weighted by atomic mass is 9.87. The van der Waals surface area contributed by atoms with Crippen LogP contribution in [0.1, 0.15) is 34.1 Å². The molecule has 2 unspecified atom stereocenters. The van der Waals surface area contributed by atoms with Crippen LogP contribution in [0.5, 0.6) is 0 Å². The molecule has 0 saturated heterocycles. The highest BCUT2D eigenvalue weighted by molar-refractivity contribution is 4.78.